The zero-order chi connectivity index (χ0) is 21.1. The molecule has 0 radical (unpaired) electrons. The SMILES string of the molecule is COc1ccc(C(C)(C)C)cc1CCC(=O)c1cc(C(C)(C)C)ccc1OC. The third-order valence-electron chi connectivity index (χ3n) is 5.13. The Labute approximate surface area is 170 Å². The molecule has 0 amide bonds. The van der Waals surface area contributed by atoms with Crippen LogP contribution in [-0.4, -0.2) is 20.0 Å². The van der Waals surface area contributed by atoms with E-state index in [0.717, 1.165) is 16.9 Å². The number of aryl methyl sites for hydroxylation is 1. The number of methoxy groups -OCH3 is 2. The van der Waals surface area contributed by atoms with Crippen LogP contribution in [0.4, 0.5) is 0 Å². The minimum Gasteiger partial charge on any atom is -0.496 e. The lowest BCUT2D eigenvalue weighted by Crippen LogP contribution is -2.14. The molecule has 2 aromatic carbocycles. The van der Waals surface area contributed by atoms with Gasteiger partial charge in [-0.1, -0.05) is 59.7 Å². The first-order valence-corrected chi connectivity index (χ1v) is 9.86. The van der Waals surface area contributed by atoms with Gasteiger partial charge in [0.15, 0.2) is 5.78 Å². The summed E-state index contributed by atoms with van der Waals surface area (Å²) in [5, 5.41) is 0. The number of hydrogen-bond acceptors (Lipinski definition) is 3. The van der Waals surface area contributed by atoms with E-state index in [1.54, 1.807) is 14.2 Å². The van der Waals surface area contributed by atoms with Crippen LogP contribution >= 0.6 is 0 Å². The lowest BCUT2D eigenvalue weighted by molar-refractivity contribution is 0.0979. The first-order valence-electron chi connectivity index (χ1n) is 9.86. The van der Waals surface area contributed by atoms with Gasteiger partial charge in [-0.15, -0.1) is 0 Å². The molecule has 0 fully saturated rings. The molecular weight excluding hydrogens is 348 g/mol. The molecule has 0 atom stereocenters. The van der Waals surface area contributed by atoms with Gasteiger partial charge in [-0.25, -0.2) is 0 Å². The van der Waals surface area contributed by atoms with Crippen LogP contribution in [0.3, 0.4) is 0 Å². The smallest absolute Gasteiger partial charge is 0.166 e. The lowest BCUT2D eigenvalue weighted by Gasteiger charge is -2.21. The van der Waals surface area contributed by atoms with E-state index in [4.69, 9.17) is 9.47 Å². The summed E-state index contributed by atoms with van der Waals surface area (Å²) in [6.45, 7) is 13.0. The zero-order valence-corrected chi connectivity index (χ0v) is 18.6. The van der Waals surface area contributed by atoms with Crippen LogP contribution in [0.1, 0.15) is 75.0 Å². The van der Waals surface area contributed by atoms with Gasteiger partial charge in [0.1, 0.15) is 11.5 Å². The Morgan fingerprint density at radius 1 is 0.786 bits per heavy atom. The van der Waals surface area contributed by atoms with Gasteiger partial charge in [0, 0.05) is 6.42 Å². The molecule has 2 aromatic rings. The molecular formula is C25H34O3. The lowest BCUT2D eigenvalue weighted by atomic mass is 9.84. The first-order chi connectivity index (χ1) is 13.0. The van der Waals surface area contributed by atoms with Gasteiger partial charge in [-0.2, -0.15) is 0 Å². The van der Waals surface area contributed by atoms with Crippen molar-refractivity contribution in [3.8, 4) is 11.5 Å². The van der Waals surface area contributed by atoms with E-state index in [-0.39, 0.29) is 16.6 Å². The highest BCUT2D eigenvalue weighted by Crippen LogP contribution is 2.31. The van der Waals surface area contributed by atoms with Gasteiger partial charge in [0.2, 0.25) is 0 Å². The zero-order valence-electron chi connectivity index (χ0n) is 18.6. The Balaban J connectivity index is 2.29. The van der Waals surface area contributed by atoms with Crippen LogP contribution in [-0.2, 0) is 17.3 Å². The van der Waals surface area contributed by atoms with Crippen LogP contribution in [0.5, 0.6) is 11.5 Å². The second kappa shape index (κ2) is 8.38. The van der Waals surface area contributed by atoms with E-state index in [0.29, 0.717) is 24.2 Å². The molecule has 0 spiro atoms. The van der Waals surface area contributed by atoms with Crippen LogP contribution < -0.4 is 9.47 Å². The van der Waals surface area contributed by atoms with E-state index in [1.165, 1.54) is 5.56 Å². The number of rotatable bonds is 6. The largest absolute Gasteiger partial charge is 0.496 e. The first kappa shape index (κ1) is 22.0. The monoisotopic (exact) mass is 382 g/mol. The summed E-state index contributed by atoms with van der Waals surface area (Å²) in [6, 6.07) is 12.2. The summed E-state index contributed by atoms with van der Waals surface area (Å²) in [6.07, 6.45) is 1.04. The van der Waals surface area contributed by atoms with E-state index < -0.39 is 0 Å². The van der Waals surface area contributed by atoms with Crippen molar-refractivity contribution in [2.24, 2.45) is 0 Å². The number of ether oxygens (including phenoxy) is 2. The summed E-state index contributed by atoms with van der Waals surface area (Å²) in [5.41, 5.74) is 4.11. The maximum absolute atomic E-state index is 13.0. The minimum atomic E-state index is -0.0223. The predicted octanol–water partition coefficient (Wildman–Crippen LogP) is 6.11. The van der Waals surface area contributed by atoms with Crippen molar-refractivity contribution in [3.05, 3.63) is 58.7 Å². The summed E-state index contributed by atoms with van der Waals surface area (Å²) < 4.78 is 11.0. The molecule has 0 N–H and O–H groups in total. The van der Waals surface area contributed by atoms with Gasteiger partial charge in [-0.05, 0) is 52.1 Å². The molecule has 3 nitrogen and oxygen atoms in total. The average Bonchev–Trinajstić information content (AvgIpc) is 2.63. The van der Waals surface area contributed by atoms with Gasteiger partial charge >= 0.3 is 0 Å². The highest BCUT2D eigenvalue weighted by atomic mass is 16.5. The third-order valence-corrected chi connectivity index (χ3v) is 5.13. The van der Waals surface area contributed by atoms with Gasteiger partial charge in [-0.3, -0.25) is 4.79 Å². The maximum Gasteiger partial charge on any atom is 0.166 e. The molecule has 28 heavy (non-hydrogen) atoms. The predicted molar refractivity (Wildman–Crippen MR) is 116 cm³/mol. The van der Waals surface area contributed by atoms with Gasteiger partial charge in [0.25, 0.3) is 0 Å². The van der Waals surface area contributed by atoms with Crippen molar-refractivity contribution >= 4 is 5.78 Å². The third kappa shape index (κ3) is 5.15. The highest BCUT2D eigenvalue weighted by Gasteiger charge is 2.20. The normalized spacial score (nSPS) is 12.0. The fourth-order valence-electron chi connectivity index (χ4n) is 3.22. The Kier molecular flexibility index (Phi) is 6.59. The summed E-state index contributed by atoms with van der Waals surface area (Å²) >= 11 is 0. The second-order valence-corrected chi connectivity index (χ2v) is 9.36. The molecule has 0 saturated heterocycles. The molecule has 0 aromatic heterocycles. The van der Waals surface area contributed by atoms with Crippen molar-refractivity contribution in [3.63, 3.8) is 0 Å². The van der Waals surface area contributed by atoms with Crippen LogP contribution in [0.15, 0.2) is 36.4 Å². The van der Waals surface area contributed by atoms with Crippen LogP contribution in [0.25, 0.3) is 0 Å². The van der Waals surface area contributed by atoms with Crippen LogP contribution in [0, 0.1) is 0 Å². The molecule has 0 aliphatic heterocycles. The van der Waals surface area contributed by atoms with E-state index in [9.17, 15) is 4.79 Å². The molecule has 0 aliphatic rings. The number of carbonyl (C=O) groups is 1. The second-order valence-electron chi connectivity index (χ2n) is 9.36. The fraction of sp³-hybridized carbons (Fsp3) is 0.480. The molecule has 0 heterocycles. The number of carbonyl (C=O) groups excluding carboxylic acids is 1. The van der Waals surface area contributed by atoms with Crippen molar-refractivity contribution in [1.82, 2.24) is 0 Å². The molecule has 2 rings (SSSR count). The Hall–Kier alpha value is -2.29. The maximum atomic E-state index is 13.0. The number of ketones is 1. The molecule has 152 valence electrons. The van der Waals surface area contributed by atoms with Crippen molar-refractivity contribution in [2.45, 2.75) is 65.2 Å². The Bertz CT molecular complexity index is 836. The Morgan fingerprint density at radius 2 is 1.29 bits per heavy atom. The van der Waals surface area contributed by atoms with Crippen molar-refractivity contribution in [2.75, 3.05) is 14.2 Å². The van der Waals surface area contributed by atoms with E-state index in [1.807, 2.05) is 24.3 Å². The standard InChI is InChI=1S/C25H34O3/c1-24(2,3)18-10-13-22(27-7)17(15-18)9-12-21(26)20-16-19(25(4,5)6)11-14-23(20)28-8/h10-11,13-16H,9,12H2,1-8H3. The molecule has 0 aliphatic carbocycles. The average molecular weight is 383 g/mol. The van der Waals surface area contributed by atoms with Gasteiger partial charge in [0.05, 0.1) is 19.8 Å². The summed E-state index contributed by atoms with van der Waals surface area (Å²) in [7, 11) is 3.28. The summed E-state index contributed by atoms with van der Waals surface area (Å²) in [4.78, 5) is 13.0. The fourth-order valence-corrected chi connectivity index (χ4v) is 3.22. The Morgan fingerprint density at radius 3 is 1.79 bits per heavy atom. The molecule has 0 saturated carbocycles. The molecule has 0 bridgehead atoms. The van der Waals surface area contributed by atoms with Crippen LogP contribution in [0.2, 0.25) is 0 Å². The van der Waals surface area contributed by atoms with Gasteiger partial charge < -0.3 is 9.47 Å². The van der Waals surface area contributed by atoms with E-state index in [2.05, 4.69) is 53.7 Å². The quantitative estimate of drug-likeness (QED) is 0.565. The highest BCUT2D eigenvalue weighted by molar-refractivity contribution is 5.99. The van der Waals surface area contributed by atoms with Crippen molar-refractivity contribution < 1.29 is 14.3 Å². The summed E-state index contributed by atoms with van der Waals surface area (Å²) in [5.74, 6) is 1.55. The minimum absolute atomic E-state index is 0.0223. The topological polar surface area (TPSA) is 35.5 Å². The molecule has 3 heteroatoms. The number of hydrogen-bond donors (Lipinski definition) is 0. The van der Waals surface area contributed by atoms with E-state index >= 15 is 0 Å². The van der Waals surface area contributed by atoms with Crippen molar-refractivity contribution in [1.29, 1.82) is 0 Å². The molecule has 0 unspecified atom stereocenters. The number of Topliss-reactive ketones (excluding diaryl/α,β-unsaturated/α-hetero) is 1. The number of benzene rings is 2.